The Morgan fingerprint density at radius 2 is 1.95 bits per heavy atom. The zero-order valence-corrected chi connectivity index (χ0v) is 13.3. The monoisotopic (exact) mass is 362 g/mol. The highest BCUT2D eigenvalue weighted by Crippen LogP contribution is 2.35. The molecule has 7 heteroatoms. The predicted octanol–water partition coefficient (Wildman–Crippen LogP) is 5.25. The van der Waals surface area contributed by atoms with Crippen LogP contribution in [0.5, 0.6) is 0 Å². The van der Waals surface area contributed by atoms with Crippen LogP contribution in [0.15, 0.2) is 27.2 Å². The Bertz CT molecular complexity index is 633. The molecule has 0 saturated heterocycles. The van der Waals surface area contributed by atoms with Crippen molar-refractivity contribution in [2.45, 2.75) is 33.0 Å². The Balaban J connectivity index is 2.24. The first-order valence-corrected chi connectivity index (χ1v) is 7.05. The Morgan fingerprint density at radius 3 is 2.43 bits per heavy atom. The van der Waals surface area contributed by atoms with Crippen LogP contribution in [0.3, 0.4) is 0 Å². The van der Waals surface area contributed by atoms with Crippen molar-refractivity contribution in [1.82, 2.24) is 5.16 Å². The maximum Gasteiger partial charge on any atom is 0.416 e. The summed E-state index contributed by atoms with van der Waals surface area (Å²) in [6, 6.07) is 3.38. The van der Waals surface area contributed by atoms with Crippen LogP contribution in [0, 0.1) is 13.8 Å². The molecule has 1 unspecified atom stereocenters. The molecule has 21 heavy (non-hydrogen) atoms. The number of nitrogens with zero attached hydrogens (tertiary/aromatic N) is 1. The Labute approximate surface area is 128 Å². The fourth-order valence-corrected chi connectivity index (χ4v) is 2.72. The van der Waals surface area contributed by atoms with Crippen molar-refractivity contribution >= 4 is 21.6 Å². The highest BCUT2D eigenvalue weighted by atomic mass is 79.9. The van der Waals surface area contributed by atoms with E-state index in [0.717, 1.165) is 23.4 Å². The molecule has 0 aliphatic carbocycles. The molecule has 3 nitrogen and oxygen atoms in total. The molecule has 0 aliphatic rings. The van der Waals surface area contributed by atoms with Crippen molar-refractivity contribution in [3.05, 3.63) is 45.3 Å². The molecule has 0 aliphatic heterocycles. The summed E-state index contributed by atoms with van der Waals surface area (Å²) in [5.74, 6) is 0.690. The minimum absolute atomic E-state index is 0.135. The highest BCUT2D eigenvalue weighted by molar-refractivity contribution is 9.10. The van der Waals surface area contributed by atoms with Gasteiger partial charge < -0.3 is 9.84 Å². The van der Waals surface area contributed by atoms with Gasteiger partial charge in [-0.1, -0.05) is 5.16 Å². The van der Waals surface area contributed by atoms with Gasteiger partial charge in [-0.15, -0.1) is 0 Å². The molecule has 1 heterocycles. The van der Waals surface area contributed by atoms with Crippen LogP contribution >= 0.6 is 15.9 Å². The van der Waals surface area contributed by atoms with E-state index in [4.69, 9.17) is 4.52 Å². The van der Waals surface area contributed by atoms with Crippen LogP contribution in [-0.2, 0) is 6.18 Å². The third kappa shape index (κ3) is 3.40. The smallest absolute Gasteiger partial charge is 0.377 e. The van der Waals surface area contributed by atoms with Crippen LogP contribution in [0.1, 0.15) is 35.5 Å². The predicted molar refractivity (Wildman–Crippen MR) is 77.2 cm³/mol. The van der Waals surface area contributed by atoms with E-state index >= 15 is 0 Å². The maximum atomic E-state index is 12.6. The second-order valence-corrected chi connectivity index (χ2v) is 5.65. The van der Waals surface area contributed by atoms with Gasteiger partial charge >= 0.3 is 6.18 Å². The van der Waals surface area contributed by atoms with Gasteiger partial charge in [0.2, 0.25) is 0 Å². The molecule has 2 rings (SSSR count). The molecule has 0 saturated carbocycles. The van der Waals surface area contributed by atoms with Gasteiger partial charge in [-0.25, -0.2) is 0 Å². The lowest BCUT2D eigenvalue weighted by Gasteiger charge is -2.17. The van der Waals surface area contributed by atoms with Crippen molar-refractivity contribution < 1.29 is 17.7 Å². The van der Waals surface area contributed by atoms with Crippen LogP contribution in [0.2, 0.25) is 0 Å². The number of hydrogen-bond acceptors (Lipinski definition) is 3. The molecule has 1 N–H and O–H groups in total. The van der Waals surface area contributed by atoms with E-state index in [-0.39, 0.29) is 6.04 Å². The van der Waals surface area contributed by atoms with Gasteiger partial charge in [0.1, 0.15) is 5.76 Å². The van der Waals surface area contributed by atoms with Gasteiger partial charge in [-0.2, -0.15) is 13.2 Å². The molecule has 0 amide bonds. The summed E-state index contributed by atoms with van der Waals surface area (Å²) in [7, 11) is 0. The minimum atomic E-state index is -4.35. The summed E-state index contributed by atoms with van der Waals surface area (Å²) in [4.78, 5) is 0. The third-order valence-corrected chi connectivity index (χ3v) is 3.85. The van der Waals surface area contributed by atoms with Crippen LogP contribution in [-0.4, -0.2) is 5.16 Å². The average Bonchev–Trinajstić information content (AvgIpc) is 2.70. The van der Waals surface area contributed by atoms with Crippen LogP contribution in [0.4, 0.5) is 18.9 Å². The molecule has 2 aromatic rings. The summed E-state index contributed by atoms with van der Waals surface area (Å²) < 4.78 is 43.3. The number of aryl methyl sites for hydroxylation is 2. The Hall–Kier alpha value is -1.50. The Morgan fingerprint density at radius 1 is 1.29 bits per heavy atom. The lowest BCUT2D eigenvalue weighted by Crippen LogP contribution is -2.10. The molecule has 0 spiro atoms. The number of alkyl halides is 3. The number of benzene rings is 1. The van der Waals surface area contributed by atoms with Gasteiger partial charge in [0, 0.05) is 15.7 Å². The molecule has 1 aromatic carbocycles. The lowest BCUT2D eigenvalue weighted by molar-refractivity contribution is -0.137. The molecule has 0 fully saturated rings. The molecule has 0 radical (unpaired) electrons. The normalized spacial score (nSPS) is 13.3. The number of anilines is 1. The van der Waals surface area contributed by atoms with E-state index in [9.17, 15) is 13.2 Å². The lowest BCUT2D eigenvalue weighted by atomic mass is 10.1. The molecular weight excluding hydrogens is 349 g/mol. The topological polar surface area (TPSA) is 38.1 Å². The molecule has 1 atom stereocenters. The summed E-state index contributed by atoms with van der Waals surface area (Å²) in [6.07, 6.45) is -4.35. The fraction of sp³-hybridized carbons (Fsp3) is 0.357. The summed E-state index contributed by atoms with van der Waals surface area (Å²) >= 11 is 3.17. The molecule has 1 aromatic heterocycles. The third-order valence-electron chi connectivity index (χ3n) is 3.19. The second-order valence-electron chi connectivity index (χ2n) is 4.80. The van der Waals surface area contributed by atoms with Crippen molar-refractivity contribution in [2.24, 2.45) is 0 Å². The zero-order chi connectivity index (χ0) is 15.8. The number of halogens is 4. The quantitative estimate of drug-likeness (QED) is 0.810. The number of aromatic nitrogens is 1. The van der Waals surface area contributed by atoms with Crippen molar-refractivity contribution in [1.29, 1.82) is 0 Å². The van der Waals surface area contributed by atoms with Gasteiger partial charge in [-0.05, 0) is 54.9 Å². The summed E-state index contributed by atoms with van der Waals surface area (Å²) in [5, 5.41) is 7.03. The zero-order valence-electron chi connectivity index (χ0n) is 11.7. The number of hydrogen-bond donors (Lipinski definition) is 1. The van der Waals surface area contributed by atoms with E-state index in [0.29, 0.717) is 15.9 Å². The SMILES string of the molecule is Cc1noc(C)c1C(C)Nc1ccc(C(F)(F)F)cc1Br. The highest BCUT2D eigenvalue weighted by Gasteiger charge is 2.31. The average molecular weight is 363 g/mol. The fourth-order valence-electron chi connectivity index (χ4n) is 2.22. The van der Waals surface area contributed by atoms with Crippen LogP contribution in [0.25, 0.3) is 0 Å². The van der Waals surface area contributed by atoms with Gasteiger partial charge in [0.05, 0.1) is 17.3 Å². The van der Waals surface area contributed by atoms with E-state index in [1.54, 1.807) is 6.92 Å². The summed E-state index contributed by atoms with van der Waals surface area (Å²) in [6.45, 7) is 5.53. The Kier molecular flexibility index (Phi) is 4.32. The van der Waals surface area contributed by atoms with Crippen LogP contribution < -0.4 is 5.32 Å². The second kappa shape index (κ2) is 5.71. The maximum absolute atomic E-state index is 12.6. The van der Waals surface area contributed by atoms with Gasteiger partial charge in [0.25, 0.3) is 0 Å². The molecule has 114 valence electrons. The van der Waals surface area contributed by atoms with Gasteiger partial charge in [-0.3, -0.25) is 0 Å². The number of rotatable bonds is 3. The van der Waals surface area contributed by atoms with Gasteiger partial charge in [0.15, 0.2) is 0 Å². The standard InChI is InChI=1S/C14H14BrF3N2O/c1-7(13-8(2)20-21-9(13)3)19-12-5-4-10(6-11(12)15)14(16,17)18/h4-7,19H,1-3H3. The van der Waals surface area contributed by atoms with E-state index in [1.165, 1.54) is 6.07 Å². The van der Waals surface area contributed by atoms with Crippen molar-refractivity contribution in [2.75, 3.05) is 5.32 Å². The first-order valence-electron chi connectivity index (χ1n) is 6.26. The van der Waals surface area contributed by atoms with E-state index < -0.39 is 11.7 Å². The van der Waals surface area contributed by atoms with Crippen molar-refractivity contribution in [3.63, 3.8) is 0 Å². The first kappa shape index (κ1) is 15.9. The van der Waals surface area contributed by atoms with E-state index in [2.05, 4.69) is 26.4 Å². The molecular formula is C14H14BrF3N2O. The molecule has 0 bridgehead atoms. The largest absolute Gasteiger partial charge is 0.416 e. The minimum Gasteiger partial charge on any atom is -0.377 e. The van der Waals surface area contributed by atoms with Crippen molar-refractivity contribution in [3.8, 4) is 0 Å². The number of nitrogens with one attached hydrogen (secondary N) is 1. The van der Waals surface area contributed by atoms with E-state index in [1.807, 2.05) is 13.8 Å². The first-order chi connectivity index (χ1) is 9.70. The summed E-state index contributed by atoms with van der Waals surface area (Å²) in [5.41, 5.74) is 1.55.